The van der Waals surface area contributed by atoms with Crippen molar-refractivity contribution in [1.29, 1.82) is 5.26 Å². The molecule has 2 atom stereocenters. The summed E-state index contributed by atoms with van der Waals surface area (Å²) in [5.74, 6) is -0.257. The molecule has 1 saturated heterocycles. The number of carbonyl (C=O) groups is 1. The first-order valence-corrected chi connectivity index (χ1v) is 12.0. The van der Waals surface area contributed by atoms with Gasteiger partial charge in [-0.2, -0.15) is 5.26 Å². The largest absolute Gasteiger partial charge is 0.383 e. The summed E-state index contributed by atoms with van der Waals surface area (Å²) < 4.78 is 15.1. The predicted molar refractivity (Wildman–Crippen MR) is 132 cm³/mol. The number of nitriles is 1. The van der Waals surface area contributed by atoms with Gasteiger partial charge in [0.25, 0.3) is 0 Å². The molecule has 6 heteroatoms. The molecule has 1 saturated carbocycles. The standard InChI is InChI=1S/C29H28FN3O2/c30-25-12-11-24(29(32,14-13-20-9-10-20)23-8-4-5-21(15-23)18-31)16-26(25)33-19-28(35,17-27(33)34)22-6-2-1-3-7-22/h1-8,11-12,15-16,20,35H,9-10,13-14,17,19,32H2/t28-,29?/m1/s1. The summed E-state index contributed by atoms with van der Waals surface area (Å²) in [4.78, 5) is 14.3. The Morgan fingerprint density at radius 1 is 1.09 bits per heavy atom. The normalized spacial score (nSPS) is 21.5. The van der Waals surface area contributed by atoms with Gasteiger partial charge >= 0.3 is 0 Å². The lowest BCUT2D eigenvalue weighted by molar-refractivity contribution is -0.118. The molecule has 5 nitrogen and oxygen atoms in total. The van der Waals surface area contributed by atoms with E-state index < -0.39 is 17.0 Å². The maximum atomic E-state index is 15.1. The number of amides is 1. The van der Waals surface area contributed by atoms with E-state index in [1.165, 1.54) is 23.8 Å². The van der Waals surface area contributed by atoms with Crippen molar-refractivity contribution in [2.75, 3.05) is 11.4 Å². The van der Waals surface area contributed by atoms with Crippen LogP contribution in [-0.4, -0.2) is 17.6 Å². The highest BCUT2D eigenvalue weighted by Gasteiger charge is 2.44. The number of nitrogens with zero attached hydrogens (tertiary/aromatic N) is 2. The second-order valence-corrected chi connectivity index (χ2v) is 9.87. The number of aliphatic hydroxyl groups is 1. The fraction of sp³-hybridized carbons (Fsp3) is 0.310. The molecule has 2 fully saturated rings. The summed E-state index contributed by atoms with van der Waals surface area (Å²) in [6.45, 7) is -0.0419. The number of carbonyl (C=O) groups excluding carboxylic acids is 1. The number of hydrogen-bond acceptors (Lipinski definition) is 4. The molecule has 0 bridgehead atoms. The fourth-order valence-electron chi connectivity index (χ4n) is 5.07. The third-order valence-corrected chi connectivity index (χ3v) is 7.38. The topological polar surface area (TPSA) is 90.3 Å². The van der Waals surface area contributed by atoms with Crippen molar-refractivity contribution in [1.82, 2.24) is 0 Å². The van der Waals surface area contributed by atoms with Crippen LogP contribution in [0, 0.1) is 23.1 Å². The van der Waals surface area contributed by atoms with E-state index in [0.717, 1.165) is 12.0 Å². The van der Waals surface area contributed by atoms with E-state index in [-0.39, 0.29) is 24.6 Å². The van der Waals surface area contributed by atoms with Gasteiger partial charge in [-0.05, 0) is 59.7 Å². The summed E-state index contributed by atoms with van der Waals surface area (Å²) in [5.41, 5.74) is 7.40. The number of nitrogens with two attached hydrogens (primary N) is 1. The molecule has 3 aromatic carbocycles. The number of β-amino-alcohol motifs (C(OH)–C–C–N with tert-alkyl or cyclic N) is 1. The van der Waals surface area contributed by atoms with Gasteiger partial charge in [0, 0.05) is 0 Å². The van der Waals surface area contributed by atoms with Gasteiger partial charge in [0.2, 0.25) is 5.91 Å². The molecule has 5 rings (SSSR count). The second kappa shape index (κ2) is 8.92. The predicted octanol–water partition coefficient (Wildman–Crippen LogP) is 4.71. The zero-order valence-corrected chi connectivity index (χ0v) is 19.5. The van der Waals surface area contributed by atoms with Crippen LogP contribution in [0.25, 0.3) is 0 Å². The van der Waals surface area contributed by atoms with Crippen molar-refractivity contribution >= 4 is 11.6 Å². The molecular formula is C29H28FN3O2. The monoisotopic (exact) mass is 469 g/mol. The summed E-state index contributed by atoms with van der Waals surface area (Å²) in [6.07, 6.45) is 3.81. The average molecular weight is 470 g/mol. The average Bonchev–Trinajstić information content (AvgIpc) is 3.66. The molecule has 0 radical (unpaired) electrons. The van der Waals surface area contributed by atoms with Crippen LogP contribution in [0.4, 0.5) is 10.1 Å². The van der Waals surface area contributed by atoms with Crippen LogP contribution < -0.4 is 10.6 Å². The Kier molecular flexibility index (Phi) is 5.92. The van der Waals surface area contributed by atoms with E-state index in [2.05, 4.69) is 6.07 Å². The van der Waals surface area contributed by atoms with E-state index in [4.69, 9.17) is 5.73 Å². The van der Waals surface area contributed by atoms with Gasteiger partial charge in [-0.25, -0.2) is 4.39 Å². The first kappa shape index (κ1) is 23.2. The second-order valence-electron chi connectivity index (χ2n) is 9.87. The van der Waals surface area contributed by atoms with Crippen LogP contribution in [0.5, 0.6) is 0 Å². The molecule has 1 aliphatic carbocycles. The lowest BCUT2D eigenvalue weighted by Crippen LogP contribution is -2.39. The summed E-state index contributed by atoms with van der Waals surface area (Å²) in [6, 6.07) is 23.0. The summed E-state index contributed by atoms with van der Waals surface area (Å²) in [5, 5.41) is 20.6. The Bertz CT molecular complexity index is 1300. The Morgan fingerprint density at radius 2 is 1.83 bits per heavy atom. The zero-order chi connectivity index (χ0) is 24.6. The third-order valence-electron chi connectivity index (χ3n) is 7.38. The Balaban J connectivity index is 1.53. The van der Waals surface area contributed by atoms with Gasteiger partial charge in [-0.3, -0.25) is 4.79 Å². The molecule has 3 N–H and O–H groups in total. The molecule has 1 heterocycles. The van der Waals surface area contributed by atoms with Gasteiger partial charge in [0.1, 0.15) is 11.4 Å². The minimum absolute atomic E-state index is 0.0419. The smallest absolute Gasteiger partial charge is 0.230 e. The number of rotatable bonds is 7. The van der Waals surface area contributed by atoms with Crippen molar-refractivity contribution in [2.45, 2.75) is 43.2 Å². The molecule has 0 spiro atoms. The van der Waals surface area contributed by atoms with Gasteiger partial charge in [-0.1, -0.05) is 61.4 Å². The van der Waals surface area contributed by atoms with E-state index in [0.29, 0.717) is 29.0 Å². The SMILES string of the molecule is N#Cc1cccc(C(N)(CCC2CC2)c2ccc(F)c(N3C[C@@](O)(c4ccccc4)CC3=O)c2)c1. The zero-order valence-electron chi connectivity index (χ0n) is 19.5. The van der Waals surface area contributed by atoms with Crippen LogP contribution in [0.1, 0.15) is 54.4 Å². The quantitative estimate of drug-likeness (QED) is 0.524. The molecule has 0 aromatic heterocycles. The number of halogens is 1. The van der Waals surface area contributed by atoms with Gasteiger partial charge in [0.05, 0.1) is 35.8 Å². The third kappa shape index (κ3) is 4.45. The van der Waals surface area contributed by atoms with E-state index in [1.807, 2.05) is 12.1 Å². The number of benzene rings is 3. The van der Waals surface area contributed by atoms with Gasteiger partial charge < -0.3 is 15.7 Å². The van der Waals surface area contributed by atoms with Gasteiger partial charge in [0.15, 0.2) is 0 Å². The minimum atomic E-state index is -1.40. The molecular weight excluding hydrogens is 441 g/mol. The summed E-state index contributed by atoms with van der Waals surface area (Å²) >= 11 is 0. The Morgan fingerprint density at radius 3 is 2.54 bits per heavy atom. The van der Waals surface area contributed by atoms with Crippen molar-refractivity contribution in [2.24, 2.45) is 11.7 Å². The van der Waals surface area contributed by atoms with E-state index >= 15 is 4.39 Å². The maximum absolute atomic E-state index is 15.1. The number of anilines is 1. The van der Waals surface area contributed by atoms with Crippen molar-refractivity contribution < 1.29 is 14.3 Å². The molecule has 1 unspecified atom stereocenters. The molecule has 3 aromatic rings. The Hall–Kier alpha value is -3.53. The van der Waals surface area contributed by atoms with Gasteiger partial charge in [-0.15, -0.1) is 0 Å². The molecule has 2 aliphatic rings. The molecule has 178 valence electrons. The molecule has 1 aliphatic heterocycles. The maximum Gasteiger partial charge on any atom is 0.230 e. The van der Waals surface area contributed by atoms with Crippen LogP contribution >= 0.6 is 0 Å². The van der Waals surface area contributed by atoms with Crippen molar-refractivity contribution in [3.05, 3.63) is 101 Å². The van der Waals surface area contributed by atoms with E-state index in [1.54, 1.807) is 54.6 Å². The van der Waals surface area contributed by atoms with Crippen LogP contribution in [0.2, 0.25) is 0 Å². The molecule has 35 heavy (non-hydrogen) atoms. The highest BCUT2D eigenvalue weighted by Crippen LogP contribution is 2.42. The first-order chi connectivity index (χ1) is 16.8. The highest BCUT2D eigenvalue weighted by atomic mass is 19.1. The highest BCUT2D eigenvalue weighted by molar-refractivity contribution is 5.97. The van der Waals surface area contributed by atoms with E-state index in [9.17, 15) is 15.2 Å². The lowest BCUT2D eigenvalue weighted by Gasteiger charge is -2.32. The Labute approximate surface area is 204 Å². The molecule has 1 amide bonds. The summed E-state index contributed by atoms with van der Waals surface area (Å²) in [7, 11) is 0. The minimum Gasteiger partial charge on any atom is -0.383 e. The van der Waals surface area contributed by atoms with Crippen LogP contribution in [0.15, 0.2) is 72.8 Å². The number of hydrogen-bond donors (Lipinski definition) is 2. The van der Waals surface area contributed by atoms with Crippen molar-refractivity contribution in [3.63, 3.8) is 0 Å². The van der Waals surface area contributed by atoms with Crippen molar-refractivity contribution in [3.8, 4) is 6.07 Å². The van der Waals surface area contributed by atoms with Crippen LogP contribution in [0.3, 0.4) is 0 Å². The fourth-order valence-corrected chi connectivity index (χ4v) is 5.07. The first-order valence-electron chi connectivity index (χ1n) is 12.0. The lowest BCUT2D eigenvalue weighted by atomic mass is 9.79. The van der Waals surface area contributed by atoms with Crippen LogP contribution in [-0.2, 0) is 15.9 Å².